The minimum atomic E-state index is -3.98. The second-order valence-corrected chi connectivity index (χ2v) is 10.2. The van der Waals surface area contributed by atoms with Gasteiger partial charge in [0.05, 0.1) is 4.90 Å². The number of hydrogen-bond acceptors (Lipinski definition) is 6. The number of esters is 2. The second kappa shape index (κ2) is 9.99. The van der Waals surface area contributed by atoms with E-state index in [4.69, 9.17) is 4.74 Å². The molecular formula is C21H23IN2O5S. The standard InChI is InChI=1S/C21H23IN2O5S/c1-14-4-10-17(11-5-14)30(27,28)24-19(13-15-6-8-16(22)9-7-15)21(26)29-20(25)18-3-2-12-23-18/h4-11,18-19,23-24H,2-3,12-13H2,1H3/t18-,19-/m0/s1. The highest BCUT2D eigenvalue weighted by atomic mass is 127. The number of aryl methyl sites for hydroxylation is 1. The average Bonchev–Trinajstić information content (AvgIpc) is 3.24. The second-order valence-electron chi connectivity index (χ2n) is 7.21. The maximum atomic E-state index is 12.8. The largest absolute Gasteiger partial charge is 0.391 e. The molecule has 0 aliphatic carbocycles. The Kier molecular flexibility index (Phi) is 7.61. The number of halogens is 1. The van der Waals surface area contributed by atoms with Gasteiger partial charge in [0, 0.05) is 3.57 Å². The average molecular weight is 542 g/mol. The van der Waals surface area contributed by atoms with Gasteiger partial charge in [-0.15, -0.1) is 0 Å². The van der Waals surface area contributed by atoms with Gasteiger partial charge in [0.25, 0.3) is 0 Å². The zero-order valence-corrected chi connectivity index (χ0v) is 19.4. The van der Waals surface area contributed by atoms with Crippen LogP contribution in [0.5, 0.6) is 0 Å². The summed E-state index contributed by atoms with van der Waals surface area (Å²) in [5.41, 5.74) is 1.66. The number of nitrogens with one attached hydrogen (secondary N) is 2. The van der Waals surface area contributed by atoms with Crippen molar-refractivity contribution in [2.45, 2.75) is 43.2 Å². The van der Waals surface area contributed by atoms with Gasteiger partial charge in [-0.3, -0.25) is 0 Å². The maximum absolute atomic E-state index is 12.8. The monoisotopic (exact) mass is 542 g/mol. The van der Waals surface area contributed by atoms with Crippen LogP contribution in [0.3, 0.4) is 0 Å². The zero-order chi connectivity index (χ0) is 21.7. The number of carbonyl (C=O) groups is 2. The Balaban J connectivity index is 1.80. The van der Waals surface area contributed by atoms with Crippen molar-refractivity contribution in [3.05, 3.63) is 63.2 Å². The zero-order valence-electron chi connectivity index (χ0n) is 16.4. The first-order valence-corrected chi connectivity index (χ1v) is 12.1. The van der Waals surface area contributed by atoms with E-state index in [1.807, 2.05) is 31.2 Å². The highest BCUT2D eigenvalue weighted by Gasteiger charge is 2.32. The third-order valence-corrected chi connectivity index (χ3v) is 7.02. The van der Waals surface area contributed by atoms with Gasteiger partial charge in [-0.2, -0.15) is 4.72 Å². The molecule has 0 amide bonds. The molecule has 1 fully saturated rings. The molecule has 2 aromatic rings. The van der Waals surface area contributed by atoms with Crippen LogP contribution in [-0.2, 0) is 30.8 Å². The Morgan fingerprint density at radius 2 is 1.83 bits per heavy atom. The Morgan fingerprint density at radius 1 is 1.17 bits per heavy atom. The summed E-state index contributed by atoms with van der Waals surface area (Å²) in [6.07, 6.45) is 1.47. The Bertz CT molecular complexity index is 1000. The lowest BCUT2D eigenvalue weighted by Gasteiger charge is -2.18. The Labute approximate surface area is 189 Å². The highest BCUT2D eigenvalue weighted by molar-refractivity contribution is 14.1. The molecule has 0 spiro atoms. The van der Waals surface area contributed by atoms with Crippen LogP contribution >= 0.6 is 22.6 Å². The number of benzene rings is 2. The molecule has 2 aromatic carbocycles. The summed E-state index contributed by atoms with van der Waals surface area (Å²) in [7, 11) is -3.98. The van der Waals surface area contributed by atoms with Crippen LogP contribution < -0.4 is 10.0 Å². The lowest BCUT2D eigenvalue weighted by molar-refractivity contribution is -0.162. The fraction of sp³-hybridized carbons (Fsp3) is 0.333. The summed E-state index contributed by atoms with van der Waals surface area (Å²) in [6.45, 7) is 2.53. The van der Waals surface area contributed by atoms with Crippen molar-refractivity contribution in [3.63, 3.8) is 0 Å². The summed E-state index contributed by atoms with van der Waals surface area (Å²) in [6, 6.07) is 11.9. The van der Waals surface area contributed by atoms with E-state index in [-0.39, 0.29) is 11.3 Å². The molecule has 0 aromatic heterocycles. The molecule has 7 nitrogen and oxygen atoms in total. The quantitative estimate of drug-likeness (QED) is 0.317. The van der Waals surface area contributed by atoms with Crippen LogP contribution in [0.4, 0.5) is 0 Å². The van der Waals surface area contributed by atoms with Gasteiger partial charge < -0.3 is 10.1 Å². The molecule has 1 aliphatic rings. The highest BCUT2D eigenvalue weighted by Crippen LogP contribution is 2.15. The lowest BCUT2D eigenvalue weighted by Crippen LogP contribution is -2.45. The van der Waals surface area contributed by atoms with E-state index in [2.05, 4.69) is 32.6 Å². The molecule has 1 heterocycles. The third-order valence-electron chi connectivity index (χ3n) is 4.81. The van der Waals surface area contributed by atoms with Crippen molar-refractivity contribution in [1.82, 2.24) is 10.0 Å². The SMILES string of the molecule is Cc1ccc(S(=O)(=O)N[C@@H](Cc2ccc(I)cc2)C(=O)OC(=O)[C@@H]2CCCN2)cc1. The van der Waals surface area contributed by atoms with Gasteiger partial charge in [-0.05, 0) is 85.2 Å². The van der Waals surface area contributed by atoms with E-state index < -0.39 is 34.0 Å². The van der Waals surface area contributed by atoms with E-state index in [1.165, 1.54) is 12.1 Å². The van der Waals surface area contributed by atoms with E-state index >= 15 is 0 Å². The van der Waals surface area contributed by atoms with Crippen molar-refractivity contribution in [2.75, 3.05) is 6.54 Å². The number of ether oxygens (including phenoxy) is 1. The Morgan fingerprint density at radius 3 is 2.43 bits per heavy atom. The molecule has 0 saturated carbocycles. The minimum Gasteiger partial charge on any atom is -0.391 e. The normalized spacial score (nSPS) is 17.5. The predicted octanol–water partition coefficient (Wildman–Crippen LogP) is 2.31. The summed E-state index contributed by atoms with van der Waals surface area (Å²) >= 11 is 2.16. The Hall–Kier alpha value is -1.82. The molecule has 9 heteroatoms. The van der Waals surface area contributed by atoms with Gasteiger partial charge in [0.1, 0.15) is 12.1 Å². The van der Waals surface area contributed by atoms with E-state index in [0.29, 0.717) is 13.0 Å². The van der Waals surface area contributed by atoms with Crippen LogP contribution in [0, 0.1) is 10.5 Å². The first-order chi connectivity index (χ1) is 14.2. The minimum absolute atomic E-state index is 0.0392. The fourth-order valence-corrected chi connectivity index (χ4v) is 4.67. The first kappa shape index (κ1) is 22.9. The smallest absolute Gasteiger partial charge is 0.332 e. The molecule has 3 rings (SSSR count). The van der Waals surface area contributed by atoms with Crippen molar-refractivity contribution < 1.29 is 22.7 Å². The molecule has 30 heavy (non-hydrogen) atoms. The number of sulfonamides is 1. The summed E-state index contributed by atoms with van der Waals surface area (Å²) in [5, 5.41) is 2.97. The molecule has 160 valence electrons. The molecular weight excluding hydrogens is 519 g/mol. The number of hydrogen-bond donors (Lipinski definition) is 2. The number of carbonyl (C=O) groups excluding carboxylic acids is 2. The molecule has 1 aliphatic heterocycles. The van der Waals surface area contributed by atoms with Gasteiger partial charge in [-0.25, -0.2) is 18.0 Å². The fourth-order valence-electron chi connectivity index (χ4n) is 3.13. The molecule has 2 atom stereocenters. The summed E-state index contributed by atoms with van der Waals surface area (Å²) in [4.78, 5) is 25.0. The predicted molar refractivity (Wildman–Crippen MR) is 120 cm³/mol. The van der Waals surface area contributed by atoms with Gasteiger partial charge >= 0.3 is 11.9 Å². The molecule has 2 N–H and O–H groups in total. The van der Waals surface area contributed by atoms with Crippen LogP contribution in [0.25, 0.3) is 0 Å². The summed E-state index contributed by atoms with van der Waals surface area (Å²) in [5.74, 6) is -1.59. The van der Waals surface area contributed by atoms with Crippen molar-refractivity contribution in [3.8, 4) is 0 Å². The molecule has 0 bridgehead atoms. The van der Waals surface area contributed by atoms with E-state index in [1.54, 1.807) is 12.1 Å². The van der Waals surface area contributed by atoms with Crippen molar-refractivity contribution in [2.24, 2.45) is 0 Å². The van der Waals surface area contributed by atoms with Gasteiger partial charge in [-0.1, -0.05) is 29.8 Å². The maximum Gasteiger partial charge on any atom is 0.332 e. The van der Waals surface area contributed by atoms with Crippen molar-refractivity contribution >= 4 is 44.6 Å². The molecule has 1 saturated heterocycles. The van der Waals surface area contributed by atoms with E-state index in [9.17, 15) is 18.0 Å². The molecule has 0 unspecified atom stereocenters. The van der Waals surface area contributed by atoms with Crippen LogP contribution in [-0.4, -0.2) is 39.0 Å². The first-order valence-electron chi connectivity index (χ1n) is 9.57. The molecule has 0 radical (unpaired) electrons. The van der Waals surface area contributed by atoms with Gasteiger partial charge in [0.2, 0.25) is 10.0 Å². The number of rotatable bonds is 7. The van der Waals surface area contributed by atoms with Gasteiger partial charge in [0.15, 0.2) is 0 Å². The van der Waals surface area contributed by atoms with Crippen LogP contribution in [0.1, 0.15) is 24.0 Å². The van der Waals surface area contributed by atoms with Crippen LogP contribution in [0.2, 0.25) is 0 Å². The topological polar surface area (TPSA) is 102 Å². The third kappa shape index (κ3) is 6.10. The van der Waals surface area contributed by atoms with Crippen LogP contribution in [0.15, 0.2) is 53.4 Å². The summed E-state index contributed by atoms with van der Waals surface area (Å²) < 4.78 is 34.1. The van der Waals surface area contributed by atoms with E-state index in [0.717, 1.165) is 21.1 Å². The lowest BCUT2D eigenvalue weighted by atomic mass is 10.1. The van der Waals surface area contributed by atoms with Crippen molar-refractivity contribution in [1.29, 1.82) is 0 Å².